The fourth-order valence-corrected chi connectivity index (χ4v) is 5.07. The topological polar surface area (TPSA) is 71.1 Å². The van der Waals surface area contributed by atoms with Gasteiger partial charge in [0.1, 0.15) is 5.69 Å². The Labute approximate surface area is 180 Å². The van der Waals surface area contributed by atoms with Gasteiger partial charge in [0.25, 0.3) is 11.8 Å². The molecule has 0 saturated heterocycles. The third kappa shape index (κ3) is 4.26. The molecule has 2 saturated carbocycles. The quantitative estimate of drug-likeness (QED) is 0.713. The van der Waals surface area contributed by atoms with Crippen molar-refractivity contribution in [1.29, 1.82) is 0 Å². The molecule has 0 spiro atoms. The molecule has 1 heterocycles. The van der Waals surface area contributed by atoms with Gasteiger partial charge < -0.3 is 10.6 Å². The van der Waals surface area contributed by atoms with Crippen molar-refractivity contribution < 1.29 is 9.59 Å². The average Bonchev–Trinajstić information content (AvgIpc) is 3.20. The number of pyridine rings is 1. The summed E-state index contributed by atoms with van der Waals surface area (Å²) < 4.78 is 0. The zero-order valence-corrected chi connectivity index (χ0v) is 17.6. The molecule has 4 rings (SSSR count). The SMILES string of the molecule is CCC(NC(=O)c1ccc(Cl)cc1)C1[C@H]2CC(NC(=O)c3ncccc3Cl)C[C@@H]12. The predicted molar refractivity (Wildman–Crippen MR) is 113 cm³/mol. The van der Waals surface area contributed by atoms with Crippen LogP contribution in [0.3, 0.4) is 0 Å². The maximum Gasteiger partial charge on any atom is 0.271 e. The van der Waals surface area contributed by atoms with Gasteiger partial charge in [-0.15, -0.1) is 0 Å². The summed E-state index contributed by atoms with van der Waals surface area (Å²) in [6.45, 7) is 2.10. The molecule has 2 aliphatic carbocycles. The Bertz CT molecular complexity index is 907. The summed E-state index contributed by atoms with van der Waals surface area (Å²) in [6.07, 6.45) is 4.31. The summed E-state index contributed by atoms with van der Waals surface area (Å²) in [5.74, 6) is 1.27. The predicted octanol–water partition coefficient (Wildman–Crippen LogP) is 4.35. The first kappa shape index (κ1) is 20.2. The van der Waals surface area contributed by atoms with Crippen LogP contribution in [0.2, 0.25) is 10.0 Å². The van der Waals surface area contributed by atoms with E-state index in [9.17, 15) is 9.59 Å². The molecule has 2 N–H and O–H groups in total. The van der Waals surface area contributed by atoms with Crippen LogP contribution >= 0.6 is 23.2 Å². The number of rotatable bonds is 6. The summed E-state index contributed by atoms with van der Waals surface area (Å²) >= 11 is 12.0. The molecule has 2 fully saturated rings. The van der Waals surface area contributed by atoms with Crippen molar-refractivity contribution >= 4 is 35.0 Å². The minimum atomic E-state index is -0.221. The van der Waals surface area contributed by atoms with Crippen LogP contribution in [0, 0.1) is 17.8 Å². The van der Waals surface area contributed by atoms with Crippen LogP contribution in [0.15, 0.2) is 42.6 Å². The lowest BCUT2D eigenvalue weighted by molar-refractivity contribution is 0.0926. The van der Waals surface area contributed by atoms with Crippen LogP contribution < -0.4 is 10.6 Å². The highest BCUT2D eigenvalue weighted by Gasteiger charge is 2.58. The van der Waals surface area contributed by atoms with Crippen LogP contribution in [0.25, 0.3) is 0 Å². The summed E-state index contributed by atoms with van der Waals surface area (Å²) in [5, 5.41) is 7.22. The second-order valence-corrected chi connectivity index (χ2v) is 8.72. The molecule has 5 atom stereocenters. The first-order valence-corrected chi connectivity index (χ1v) is 10.7. The van der Waals surface area contributed by atoms with Crippen molar-refractivity contribution in [2.24, 2.45) is 17.8 Å². The zero-order valence-electron chi connectivity index (χ0n) is 16.1. The molecule has 2 amide bonds. The van der Waals surface area contributed by atoms with Crippen molar-refractivity contribution in [3.8, 4) is 0 Å². The molecule has 152 valence electrons. The van der Waals surface area contributed by atoms with Gasteiger partial charge in [0, 0.05) is 28.9 Å². The second-order valence-electron chi connectivity index (χ2n) is 7.88. The molecule has 5 nitrogen and oxygen atoms in total. The number of halogens is 2. The van der Waals surface area contributed by atoms with Gasteiger partial charge in [0.15, 0.2) is 0 Å². The highest BCUT2D eigenvalue weighted by atomic mass is 35.5. The lowest BCUT2D eigenvalue weighted by atomic mass is 9.99. The van der Waals surface area contributed by atoms with Gasteiger partial charge in [-0.1, -0.05) is 30.1 Å². The molecule has 1 aromatic carbocycles. The minimum absolute atomic E-state index is 0.0619. The smallest absolute Gasteiger partial charge is 0.271 e. The third-order valence-corrected chi connectivity index (χ3v) is 6.70. The molecular weight excluding hydrogens is 409 g/mol. The van der Waals surface area contributed by atoms with Crippen LogP contribution in [-0.2, 0) is 0 Å². The Balaban J connectivity index is 1.31. The molecule has 7 heteroatoms. The third-order valence-electron chi connectivity index (χ3n) is 6.15. The van der Waals surface area contributed by atoms with E-state index in [4.69, 9.17) is 23.2 Å². The number of hydrogen-bond donors (Lipinski definition) is 2. The van der Waals surface area contributed by atoms with Crippen molar-refractivity contribution in [2.75, 3.05) is 0 Å². The van der Waals surface area contributed by atoms with E-state index in [1.807, 2.05) is 0 Å². The molecule has 1 aromatic heterocycles. The largest absolute Gasteiger partial charge is 0.349 e. The summed E-state index contributed by atoms with van der Waals surface area (Å²) in [7, 11) is 0. The minimum Gasteiger partial charge on any atom is -0.349 e. The monoisotopic (exact) mass is 431 g/mol. The van der Waals surface area contributed by atoms with Crippen LogP contribution in [-0.4, -0.2) is 28.9 Å². The maximum absolute atomic E-state index is 12.5. The molecule has 29 heavy (non-hydrogen) atoms. The van der Waals surface area contributed by atoms with Gasteiger partial charge in [-0.05, 0) is 73.4 Å². The van der Waals surface area contributed by atoms with Gasteiger partial charge in [0.05, 0.1) is 5.02 Å². The van der Waals surface area contributed by atoms with E-state index in [0.29, 0.717) is 33.4 Å². The lowest BCUT2D eigenvalue weighted by Crippen LogP contribution is -2.39. The number of amides is 2. The zero-order chi connectivity index (χ0) is 20.5. The van der Waals surface area contributed by atoms with Crippen molar-refractivity contribution in [3.63, 3.8) is 0 Å². The molecule has 2 aliphatic rings. The Kier molecular flexibility index (Phi) is 5.79. The number of hydrogen-bond acceptors (Lipinski definition) is 3. The van der Waals surface area contributed by atoms with E-state index < -0.39 is 0 Å². The second kappa shape index (κ2) is 8.33. The molecule has 0 aliphatic heterocycles. The standard InChI is InChI=1S/C22H23Cl2N3O2/c1-2-18(27-21(28)12-5-7-13(23)8-6-12)19-15-10-14(11-16(15)19)26-22(29)20-17(24)4-3-9-25-20/h3-9,14-16,18-19H,2,10-11H2,1H3,(H,26,29)(H,27,28)/t14?,15-,16+,18?,19?. The Morgan fingerprint density at radius 3 is 2.41 bits per heavy atom. The molecule has 3 unspecified atom stereocenters. The van der Waals surface area contributed by atoms with E-state index in [1.54, 1.807) is 42.6 Å². The van der Waals surface area contributed by atoms with Crippen LogP contribution in [0.4, 0.5) is 0 Å². The molecule has 0 radical (unpaired) electrons. The fourth-order valence-electron chi connectivity index (χ4n) is 4.74. The summed E-state index contributed by atoms with van der Waals surface area (Å²) in [4.78, 5) is 29.0. The van der Waals surface area contributed by atoms with Crippen LogP contribution in [0.5, 0.6) is 0 Å². The van der Waals surface area contributed by atoms with Crippen molar-refractivity contribution in [2.45, 2.75) is 38.3 Å². The molecule has 0 bridgehead atoms. The number of carbonyl (C=O) groups excluding carboxylic acids is 2. The van der Waals surface area contributed by atoms with Gasteiger partial charge in [-0.2, -0.15) is 0 Å². The highest BCUT2D eigenvalue weighted by Crippen LogP contribution is 2.59. The van der Waals surface area contributed by atoms with E-state index in [0.717, 1.165) is 19.3 Å². The summed E-state index contributed by atoms with van der Waals surface area (Å²) in [5.41, 5.74) is 0.893. The van der Waals surface area contributed by atoms with Gasteiger partial charge in [-0.25, -0.2) is 4.98 Å². The van der Waals surface area contributed by atoms with Gasteiger partial charge in [-0.3, -0.25) is 9.59 Å². The average molecular weight is 432 g/mol. The summed E-state index contributed by atoms with van der Waals surface area (Å²) in [6, 6.07) is 10.6. The van der Waals surface area contributed by atoms with E-state index in [1.165, 1.54) is 0 Å². The molecule has 2 aromatic rings. The van der Waals surface area contributed by atoms with E-state index in [-0.39, 0.29) is 29.6 Å². The lowest BCUT2D eigenvalue weighted by Gasteiger charge is -2.22. The number of nitrogens with one attached hydrogen (secondary N) is 2. The number of nitrogens with zero attached hydrogens (tertiary/aromatic N) is 1. The van der Waals surface area contributed by atoms with E-state index in [2.05, 4.69) is 22.5 Å². The Morgan fingerprint density at radius 2 is 1.79 bits per heavy atom. The first-order valence-electron chi connectivity index (χ1n) is 9.95. The normalized spacial score (nSPS) is 25.8. The highest BCUT2D eigenvalue weighted by molar-refractivity contribution is 6.33. The maximum atomic E-state index is 12.5. The van der Waals surface area contributed by atoms with Gasteiger partial charge >= 0.3 is 0 Å². The first-order chi connectivity index (χ1) is 14.0. The Morgan fingerprint density at radius 1 is 1.10 bits per heavy atom. The van der Waals surface area contributed by atoms with Gasteiger partial charge in [0.2, 0.25) is 0 Å². The van der Waals surface area contributed by atoms with Crippen LogP contribution in [0.1, 0.15) is 47.0 Å². The van der Waals surface area contributed by atoms with Crippen molar-refractivity contribution in [3.05, 3.63) is 63.9 Å². The molecular formula is C22H23Cl2N3O2. The van der Waals surface area contributed by atoms with Crippen molar-refractivity contribution in [1.82, 2.24) is 15.6 Å². The fraction of sp³-hybridized carbons (Fsp3) is 0.409. The van der Waals surface area contributed by atoms with E-state index >= 15 is 0 Å². The number of aromatic nitrogens is 1. The number of benzene rings is 1. The number of carbonyl (C=O) groups is 2. The Hall–Kier alpha value is -2.11. The number of fused-ring (bicyclic) bond motifs is 1.